The Hall–Kier alpha value is -1.12. The Kier molecular flexibility index (Phi) is 3.66. The highest BCUT2D eigenvalue weighted by atomic mass is 15.4. The molecule has 82 valence electrons. The van der Waals surface area contributed by atoms with Crippen molar-refractivity contribution in [3.05, 3.63) is 48.0 Å². The molecule has 1 atom stereocenters. The van der Waals surface area contributed by atoms with Gasteiger partial charge in [0.25, 0.3) is 0 Å². The second-order valence-corrected chi connectivity index (χ2v) is 4.38. The molecule has 2 nitrogen and oxygen atoms in total. The summed E-state index contributed by atoms with van der Waals surface area (Å²) in [6.07, 6.45) is 0.865. The molecule has 0 spiro atoms. The summed E-state index contributed by atoms with van der Waals surface area (Å²) in [5.74, 6) is 5.94. The van der Waals surface area contributed by atoms with E-state index in [2.05, 4.69) is 25.6 Å². The van der Waals surface area contributed by atoms with Crippen molar-refractivity contribution in [1.82, 2.24) is 5.01 Å². The van der Waals surface area contributed by atoms with E-state index >= 15 is 0 Å². The van der Waals surface area contributed by atoms with Gasteiger partial charge in [-0.15, -0.1) is 6.58 Å². The van der Waals surface area contributed by atoms with Crippen molar-refractivity contribution < 1.29 is 0 Å². The molecular weight excluding hydrogens is 184 g/mol. The summed E-state index contributed by atoms with van der Waals surface area (Å²) in [5.41, 5.74) is 2.18. The Morgan fingerprint density at radius 2 is 1.93 bits per heavy atom. The maximum Gasteiger partial charge on any atom is 0.0605 e. The third kappa shape index (κ3) is 2.67. The third-order valence-corrected chi connectivity index (χ3v) is 2.82. The smallest absolute Gasteiger partial charge is 0.0605 e. The fourth-order valence-electron chi connectivity index (χ4n) is 1.82. The first kappa shape index (κ1) is 12.0. The van der Waals surface area contributed by atoms with Gasteiger partial charge >= 0.3 is 0 Å². The normalized spacial score (nSPS) is 15.0. The van der Waals surface area contributed by atoms with Crippen LogP contribution in [0.5, 0.6) is 0 Å². The Morgan fingerprint density at radius 1 is 1.40 bits per heavy atom. The highest BCUT2D eigenvalue weighted by Crippen LogP contribution is 2.31. The summed E-state index contributed by atoms with van der Waals surface area (Å²) < 4.78 is 0. The molecule has 0 heterocycles. The zero-order valence-electron chi connectivity index (χ0n) is 9.83. The predicted molar refractivity (Wildman–Crippen MR) is 65.2 cm³/mol. The summed E-state index contributed by atoms with van der Waals surface area (Å²) in [4.78, 5) is 0. The first-order valence-electron chi connectivity index (χ1n) is 5.15. The summed E-state index contributed by atoms with van der Waals surface area (Å²) in [5, 5.41) is 1.76. The van der Waals surface area contributed by atoms with Crippen molar-refractivity contribution in [2.45, 2.75) is 25.8 Å². The number of nitrogens with zero attached hydrogens (tertiary/aromatic N) is 1. The molecule has 0 aliphatic heterocycles. The van der Waals surface area contributed by atoms with Crippen molar-refractivity contribution in [2.75, 3.05) is 7.05 Å². The zero-order chi connectivity index (χ0) is 11.5. The topological polar surface area (TPSA) is 29.3 Å². The average molecular weight is 204 g/mol. The molecule has 15 heavy (non-hydrogen) atoms. The van der Waals surface area contributed by atoms with Gasteiger partial charge in [0.1, 0.15) is 0 Å². The van der Waals surface area contributed by atoms with Crippen LogP contribution in [0.1, 0.15) is 25.8 Å². The van der Waals surface area contributed by atoms with Crippen LogP contribution in [0.4, 0.5) is 0 Å². The third-order valence-electron chi connectivity index (χ3n) is 2.82. The maximum atomic E-state index is 5.94. The molecular formula is C13H20N2. The average Bonchev–Trinajstić information content (AvgIpc) is 2.17. The van der Waals surface area contributed by atoms with Gasteiger partial charge in [0.05, 0.1) is 5.54 Å². The summed E-state index contributed by atoms with van der Waals surface area (Å²) in [6.45, 7) is 8.13. The second-order valence-electron chi connectivity index (χ2n) is 4.38. The van der Waals surface area contributed by atoms with Crippen molar-refractivity contribution in [1.29, 1.82) is 0 Å². The van der Waals surface area contributed by atoms with Crippen LogP contribution in [0.25, 0.3) is 0 Å². The van der Waals surface area contributed by atoms with Gasteiger partial charge in [0, 0.05) is 7.05 Å². The fourth-order valence-corrected chi connectivity index (χ4v) is 1.82. The van der Waals surface area contributed by atoms with Crippen molar-refractivity contribution >= 4 is 0 Å². The molecule has 0 radical (unpaired) electrons. The van der Waals surface area contributed by atoms with E-state index < -0.39 is 0 Å². The molecule has 0 bridgehead atoms. The number of nitrogens with two attached hydrogens (primary N) is 1. The molecule has 0 saturated heterocycles. The quantitative estimate of drug-likeness (QED) is 0.464. The van der Waals surface area contributed by atoms with E-state index in [-0.39, 0.29) is 5.54 Å². The van der Waals surface area contributed by atoms with Crippen LogP contribution in [0.2, 0.25) is 0 Å². The Morgan fingerprint density at radius 3 is 2.33 bits per heavy atom. The van der Waals surface area contributed by atoms with Crippen LogP contribution >= 0.6 is 0 Å². The number of hydrazine groups is 1. The molecule has 0 saturated carbocycles. The van der Waals surface area contributed by atoms with Gasteiger partial charge in [-0.1, -0.05) is 35.9 Å². The molecule has 2 heteroatoms. The lowest BCUT2D eigenvalue weighted by Gasteiger charge is -2.36. The van der Waals surface area contributed by atoms with Crippen molar-refractivity contribution in [3.63, 3.8) is 0 Å². The van der Waals surface area contributed by atoms with Crippen molar-refractivity contribution in [2.24, 2.45) is 5.84 Å². The molecule has 0 aromatic heterocycles. The Labute approximate surface area is 92.4 Å². The SMILES string of the molecule is C=C(C)CC(C)(c1ccccc1)N(C)N. The van der Waals surface area contributed by atoms with Crippen LogP contribution in [0.15, 0.2) is 42.5 Å². The van der Waals surface area contributed by atoms with Gasteiger partial charge in [0.2, 0.25) is 0 Å². The molecule has 0 fully saturated rings. The number of benzene rings is 1. The van der Waals surface area contributed by atoms with Gasteiger partial charge in [-0.2, -0.15) is 0 Å². The summed E-state index contributed by atoms with van der Waals surface area (Å²) >= 11 is 0. The van der Waals surface area contributed by atoms with Crippen LogP contribution < -0.4 is 5.84 Å². The van der Waals surface area contributed by atoms with E-state index in [1.54, 1.807) is 5.01 Å². The standard InChI is InChI=1S/C13H20N2/c1-11(2)10-13(3,15(4)14)12-8-6-5-7-9-12/h5-9H,1,10,14H2,2-4H3. The molecule has 0 amide bonds. The highest BCUT2D eigenvalue weighted by Gasteiger charge is 2.29. The molecule has 1 aromatic rings. The zero-order valence-corrected chi connectivity index (χ0v) is 9.83. The molecule has 1 rings (SSSR count). The highest BCUT2D eigenvalue weighted by molar-refractivity contribution is 5.25. The lowest BCUT2D eigenvalue weighted by molar-refractivity contribution is 0.138. The second kappa shape index (κ2) is 4.60. The lowest BCUT2D eigenvalue weighted by atomic mass is 9.86. The van der Waals surface area contributed by atoms with Gasteiger partial charge in [-0.25, -0.2) is 5.01 Å². The van der Waals surface area contributed by atoms with Crippen LogP contribution in [-0.2, 0) is 5.54 Å². The van der Waals surface area contributed by atoms with Gasteiger partial charge in [-0.05, 0) is 25.8 Å². The van der Waals surface area contributed by atoms with E-state index in [0.717, 1.165) is 12.0 Å². The molecule has 1 unspecified atom stereocenters. The van der Waals surface area contributed by atoms with Crippen LogP contribution in [-0.4, -0.2) is 12.1 Å². The van der Waals surface area contributed by atoms with Crippen molar-refractivity contribution in [3.8, 4) is 0 Å². The van der Waals surface area contributed by atoms with E-state index in [0.29, 0.717) is 0 Å². The first-order valence-corrected chi connectivity index (χ1v) is 5.15. The Balaban J connectivity index is 3.07. The van der Waals surface area contributed by atoms with Crippen LogP contribution in [0, 0.1) is 0 Å². The fraction of sp³-hybridized carbons (Fsp3) is 0.385. The van der Waals surface area contributed by atoms with Gasteiger partial charge in [-0.3, -0.25) is 5.84 Å². The molecule has 1 aromatic carbocycles. The minimum atomic E-state index is -0.174. The van der Waals surface area contributed by atoms with E-state index in [4.69, 9.17) is 5.84 Å². The van der Waals surface area contributed by atoms with E-state index in [1.807, 2.05) is 32.2 Å². The van der Waals surface area contributed by atoms with Crippen LogP contribution in [0.3, 0.4) is 0 Å². The summed E-state index contributed by atoms with van der Waals surface area (Å²) in [6, 6.07) is 10.3. The summed E-state index contributed by atoms with van der Waals surface area (Å²) in [7, 11) is 1.90. The Bertz CT molecular complexity index is 330. The minimum absolute atomic E-state index is 0.174. The monoisotopic (exact) mass is 204 g/mol. The number of rotatable bonds is 4. The van der Waals surface area contributed by atoms with Gasteiger partial charge in [0.15, 0.2) is 0 Å². The van der Waals surface area contributed by atoms with Gasteiger partial charge < -0.3 is 0 Å². The lowest BCUT2D eigenvalue weighted by Crippen LogP contribution is -2.45. The number of hydrogen-bond donors (Lipinski definition) is 1. The predicted octanol–water partition coefficient (Wildman–Crippen LogP) is 2.67. The minimum Gasteiger partial charge on any atom is -0.268 e. The van der Waals surface area contributed by atoms with E-state index in [9.17, 15) is 0 Å². The molecule has 2 N–H and O–H groups in total. The number of hydrogen-bond acceptors (Lipinski definition) is 2. The molecule has 0 aliphatic carbocycles. The largest absolute Gasteiger partial charge is 0.268 e. The maximum absolute atomic E-state index is 5.94. The van der Waals surface area contributed by atoms with E-state index in [1.165, 1.54) is 5.56 Å². The molecule has 0 aliphatic rings. The first-order chi connectivity index (χ1) is 6.97.